The zero-order chi connectivity index (χ0) is 22.5. The fraction of sp³-hybridized carbons (Fsp3) is 0.333. The second kappa shape index (κ2) is 9.82. The van der Waals surface area contributed by atoms with Gasteiger partial charge in [0.2, 0.25) is 10.0 Å². The molecule has 30 heavy (non-hydrogen) atoms. The highest BCUT2D eigenvalue weighted by atomic mass is 32.2. The summed E-state index contributed by atoms with van der Waals surface area (Å²) in [5.74, 6) is -1.70. The van der Waals surface area contributed by atoms with E-state index in [1.807, 2.05) is 0 Å². The first kappa shape index (κ1) is 23.5. The number of likely N-dealkylation sites (N-methyl/N-ethyl adjacent to an activating group) is 1. The molecular weight excluding hydrogens is 411 g/mol. The van der Waals surface area contributed by atoms with E-state index in [-0.39, 0.29) is 23.0 Å². The fourth-order valence-corrected chi connectivity index (χ4v) is 4.04. The number of nitrogens with one attached hydrogen (secondary N) is 1. The average Bonchev–Trinajstić information content (AvgIpc) is 2.66. The highest BCUT2D eigenvalue weighted by molar-refractivity contribution is 7.89. The molecule has 2 aromatic carbocycles. The summed E-state index contributed by atoms with van der Waals surface area (Å²) < 4.78 is 45.5. The van der Waals surface area contributed by atoms with Crippen LogP contribution in [0.15, 0.2) is 53.4 Å². The molecule has 1 unspecified atom stereocenters. The van der Waals surface area contributed by atoms with Crippen molar-refractivity contribution in [3.05, 3.63) is 65.5 Å². The van der Waals surface area contributed by atoms with Crippen molar-refractivity contribution < 1.29 is 27.1 Å². The van der Waals surface area contributed by atoms with Gasteiger partial charge in [-0.3, -0.25) is 4.79 Å². The van der Waals surface area contributed by atoms with Crippen LogP contribution in [-0.2, 0) is 26.1 Å². The van der Waals surface area contributed by atoms with E-state index in [0.717, 1.165) is 0 Å². The number of carbonyl (C=O) groups is 2. The van der Waals surface area contributed by atoms with Gasteiger partial charge in [-0.1, -0.05) is 18.2 Å². The van der Waals surface area contributed by atoms with Gasteiger partial charge < -0.3 is 9.64 Å². The van der Waals surface area contributed by atoms with E-state index in [9.17, 15) is 22.4 Å². The number of ether oxygens (including phenoxy) is 1. The lowest BCUT2D eigenvalue weighted by Crippen LogP contribution is -2.37. The number of nitrogens with zero attached hydrogens (tertiary/aromatic N) is 1. The minimum atomic E-state index is -3.78. The van der Waals surface area contributed by atoms with Gasteiger partial charge in [0, 0.05) is 19.6 Å². The van der Waals surface area contributed by atoms with Crippen molar-refractivity contribution in [2.45, 2.75) is 44.4 Å². The molecule has 2 rings (SSSR count). The molecule has 0 saturated carbocycles. The van der Waals surface area contributed by atoms with Crippen LogP contribution < -0.4 is 4.72 Å². The van der Waals surface area contributed by atoms with Crippen molar-refractivity contribution in [3.8, 4) is 0 Å². The second-order valence-electron chi connectivity index (χ2n) is 7.18. The lowest BCUT2D eigenvalue weighted by Gasteiger charge is -2.21. The summed E-state index contributed by atoms with van der Waals surface area (Å²) >= 11 is 0. The Bertz CT molecular complexity index is 1020. The maximum absolute atomic E-state index is 13.3. The highest BCUT2D eigenvalue weighted by Gasteiger charge is 2.24. The lowest BCUT2D eigenvalue weighted by molar-refractivity contribution is -0.139. The Kier molecular flexibility index (Phi) is 7.69. The summed E-state index contributed by atoms with van der Waals surface area (Å²) in [6.07, 6.45) is -1.11. The van der Waals surface area contributed by atoms with Gasteiger partial charge in [-0.2, -0.15) is 0 Å². The van der Waals surface area contributed by atoms with Crippen LogP contribution in [0.5, 0.6) is 0 Å². The van der Waals surface area contributed by atoms with E-state index in [4.69, 9.17) is 4.74 Å². The Balaban J connectivity index is 2.06. The Morgan fingerprint density at radius 1 is 1.10 bits per heavy atom. The Hall–Kier alpha value is -2.78. The van der Waals surface area contributed by atoms with Crippen LogP contribution >= 0.6 is 0 Å². The highest BCUT2D eigenvalue weighted by Crippen LogP contribution is 2.15. The predicted octanol–water partition coefficient (Wildman–Crippen LogP) is 2.72. The normalized spacial score (nSPS) is 12.5. The number of amides is 1. The number of hydrogen-bond donors (Lipinski definition) is 1. The van der Waals surface area contributed by atoms with Crippen molar-refractivity contribution >= 4 is 21.9 Å². The zero-order valence-electron chi connectivity index (χ0n) is 17.3. The average molecular weight is 437 g/mol. The third-order valence-electron chi connectivity index (χ3n) is 4.09. The summed E-state index contributed by atoms with van der Waals surface area (Å²) in [5, 5.41) is 0. The van der Waals surface area contributed by atoms with Gasteiger partial charge in [0.1, 0.15) is 5.82 Å². The summed E-state index contributed by atoms with van der Waals surface area (Å²) in [4.78, 5) is 26.2. The molecule has 1 atom stereocenters. The van der Waals surface area contributed by atoms with Crippen molar-refractivity contribution in [2.75, 3.05) is 7.05 Å². The first-order valence-corrected chi connectivity index (χ1v) is 10.8. The van der Waals surface area contributed by atoms with Crippen molar-refractivity contribution in [3.63, 3.8) is 0 Å². The number of sulfonamides is 1. The third kappa shape index (κ3) is 6.36. The van der Waals surface area contributed by atoms with Crippen LogP contribution in [0.25, 0.3) is 0 Å². The first-order valence-electron chi connectivity index (χ1n) is 9.32. The largest absolute Gasteiger partial charge is 0.449 e. The molecule has 9 heteroatoms. The van der Waals surface area contributed by atoms with Crippen LogP contribution in [0, 0.1) is 5.82 Å². The zero-order valence-corrected chi connectivity index (χ0v) is 18.1. The van der Waals surface area contributed by atoms with Crippen LogP contribution in [0.3, 0.4) is 0 Å². The molecule has 0 aliphatic rings. The van der Waals surface area contributed by atoms with Crippen LogP contribution in [0.2, 0.25) is 0 Å². The molecule has 0 spiro atoms. The standard InChI is InChI=1S/C21H25FN2O5S/c1-14(2)23-30(27,28)19-10-6-8-17(12-19)21(26)29-15(3)20(25)24(4)13-16-7-5-9-18(22)11-16/h5-12,14-15,23H,13H2,1-4H3. The van der Waals surface area contributed by atoms with E-state index >= 15 is 0 Å². The molecule has 0 radical (unpaired) electrons. The SMILES string of the molecule is CC(C)NS(=O)(=O)c1cccc(C(=O)OC(C)C(=O)N(C)Cc2cccc(F)c2)c1. The second-order valence-corrected chi connectivity index (χ2v) is 8.89. The van der Waals surface area contributed by atoms with Gasteiger partial charge in [0.15, 0.2) is 6.10 Å². The molecular formula is C21H25FN2O5S. The van der Waals surface area contributed by atoms with Gasteiger partial charge in [0.05, 0.1) is 10.5 Å². The van der Waals surface area contributed by atoms with Gasteiger partial charge in [-0.05, 0) is 56.7 Å². The molecule has 0 aliphatic carbocycles. The van der Waals surface area contributed by atoms with Crippen LogP contribution in [-0.4, -0.2) is 44.4 Å². The monoisotopic (exact) mass is 436 g/mol. The minimum Gasteiger partial charge on any atom is -0.449 e. The lowest BCUT2D eigenvalue weighted by atomic mass is 10.2. The molecule has 0 bridgehead atoms. The fourth-order valence-electron chi connectivity index (χ4n) is 2.75. The van der Waals surface area contributed by atoms with Gasteiger partial charge in [-0.25, -0.2) is 22.3 Å². The van der Waals surface area contributed by atoms with Crippen molar-refractivity contribution in [1.29, 1.82) is 0 Å². The summed E-state index contributed by atoms with van der Waals surface area (Å²) in [7, 11) is -2.26. The molecule has 162 valence electrons. The van der Waals surface area contributed by atoms with Gasteiger partial charge >= 0.3 is 5.97 Å². The molecule has 2 aromatic rings. The maximum Gasteiger partial charge on any atom is 0.338 e. The number of benzene rings is 2. The number of carbonyl (C=O) groups excluding carboxylic acids is 2. The van der Waals surface area contributed by atoms with Crippen LogP contribution in [0.1, 0.15) is 36.7 Å². The molecule has 0 heterocycles. The topological polar surface area (TPSA) is 92.8 Å². The van der Waals surface area contributed by atoms with Gasteiger partial charge in [-0.15, -0.1) is 0 Å². The predicted molar refractivity (Wildman–Crippen MR) is 110 cm³/mol. The molecule has 1 amide bonds. The molecule has 0 aliphatic heterocycles. The van der Waals surface area contributed by atoms with E-state index in [1.165, 1.54) is 55.3 Å². The summed E-state index contributed by atoms with van der Waals surface area (Å²) in [6, 6.07) is 10.9. The molecule has 7 nitrogen and oxygen atoms in total. The molecule has 1 N–H and O–H groups in total. The van der Waals surface area contributed by atoms with Crippen molar-refractivity contribution in [1.82, 2.24) is 9.62 Å². The molecule has 0 saturated heterocycles. The third-order valence-corrected chi connectivity index (χ3v) is 5.74. The number of esters is 1. The molecule has 0 aromatic heterocycles. The number of halogens is 1. The quantitative estimate of drug-likeness (QED) is 0.643. The number of rotatable bonds is 8. The Morgan fingerprint density at radius 2 is 1.77 bits per heavy atom. The van der Waals surface area contributed by atoms with E-state index in [2.05, 4.69) is 4.72 Å². The Morgan fingerprint density at radius 3 is 2.40 bits per heavy atom. The maximum atomic E-state index is 13.3. The van der Waals surface area contributed by atoms with Crippen molar-refractivity contribution in [2.24, 2.45) is 0 Å². The smallest absolute Gasteiger partial charge is 0.338 e. The number of hydrogen-bond acceptors (Lipinski definition) is 5. The Labute approximate surface area is 175 Å². The minimum absolute atomic E-state index is 0.00839. The molecule has 0 fully saturated rings. The summed E-state index contributed by atoms with van der Waals surface area (Å²) in [5.41, 5.74) is 0.606. The first-order chi connectivity index (χ1) is 14.0. The van der Waals surface area contributed by atoms with Gasteiger partial charge in [0.25, 0.3) is 5.91 Å². The van der Waals surface area contributed by atoms with E-state index in [0.29, 0.717) is 5.56 Å². The van der Waals surface area contributed by atoms with Crippen LogP contribution in [0.4, 0.5) is 4.39 Å². The van der Waals surface area contributed by atoms with E-state index in [1.54, 1.807) is 26.0 Å². The summed E-state index contributed by atoms with van der Waals surface area (Å²) in [6.45, 7) is 4.93. The van der Waals surface area contributed by atoms with E-state index < -0.39 is 33.8 Å².